The van der Waals surface area contributed by atoms with E-state index in [9.17, 15) is 4.79 Å². The molecular formula is C23H24O4. The molecule has 27 heavy (non-hydrogen) atoms. The largest absolute Gasteiger partial charge is 0.485 e. The van der Waals surface area contributed by atoms with Gasteiger partial charge in [0.1, 0.15) is 18.8 Å². The van der Waals surface area contributed by atoms with Crippen molar-refractivity contribution in [3.8, 4) is 0 Å². The molecule has 0 radical (unpaired) electrons. The van der Waals surface area contributed by atoms with E-state index < -0.39 is 6.10 Å². The number of rotatable bonds is 9. The van der Waals surface area contributed by atoms with E-state index in [1.807, 2.05) is 60.7 Å². The van der Waals surface area contributed by atoms with Crippen LogP contribution in [0.5, 0.6) is 0 Å². The number of ether oxygens (including phenoxy) is 3. The zero-order valence-electron chi connectivity index (χ0n) is 15.3. The van der Waals surface area contributed by atoms with Crippen molar-refractivity contribution in [1.82, 2.24) is 0 Å². The maximum absolute atomic E-state index is 12.6. The van der Waals surface area contributed by atoms with Crippen LogP contribution >= 0.6 is 0 Å². The van der Waals surface area contributed by atoms with Gasteiger partial charge in [0.2, 0.25) is 5.78 Å². The van der Waals surface area contributed by atoms with Gasteiger partial charge in [-0.15, -0.1) is 6.58 Å². The quantitative estimate of drug-likeness (QED) is 0.625. The smallest absolute Gasteiger partial charge is 0.226 e. The number of ketones is 1. The minimum atomic E-state index is -0.580. The Bertz CT molecular complexity index is 767. The summed E-state index contributed by atoms with van der Waals surface area (Å²) in [4.78, 5) is 12.6. The summed E-state index contributed by atoms with van der Waals surface area (Å²) in [6, 6.07) is 19.7. The van der Waals surface area contributed by atoms with Crippen LogP contribution < -0.4 is 0 Å². The topological polar surface area (TPSA) is 44.8 Å². The van der Waals surface area contributed by atoms with Gasteiger partial charge in [-0.1, -0.05) is 66.7 Å². The molecule has 2 atom stereocenters. The molecule has 0 amide bonds. The molecule has 0 saturated heterocycles. The minimum absolute atomic E-state index is 0.148. The third-order valence-electron chi connectivity index (χ3n) is 4.22. The molecule has 140 valence electrons. The average Bonchev–Trinajstić information content (AvgIpc) is 2.71. The van der Waals surface area contributed by atoms with Crippen molar-refractivity contribution in [1.29, 1.82) is 0 Å². The molecule has 0 fully saturated rings. The molecule has 1 aliphatic rings. The molecule has 0 unspecified atom stereocenters. The molecule has 0 aliphatic carbocycles. The lowest BCUT2D eigenvalue weighted by Gasteiger charge is -2.27. The number of carbonyl (C=O) groups excluding carboxylic acids is 1. The standard InChI is InChI=1S/C23H24O4/c1-2-9-21-23(24)22(26-16-19-12-7-4-8-13-19)14-20(27-21)17-25-15-18-10-5-3-6-11-18/h2-8,10-14,20-21H,1,9,15-17H2/t20-,21+/m0/s1. The van der Waals surface area contributed by atoms with Crippen LogP contribution in [0.1, 0.15) is 17.5 Å². The zero-order valence-corrected chi connectivity index (χ0v) is 15.3. The van der Waals surface area contributed by atoms with E-state index in [1.54, 1.807) is 12.2 Å². The summed E-state index contributed by atoms with van der Waals surface area (Å²) in [5.41, 5.74) is 2.10. The van der Waals surface area contributed by atoms with E-state index in [-0.39, 0.29) is 11.9 Å². The summed E-state index contributed by atoms with van der Waals surface area (Å²) >= 11 is 0. The first kappa shape index (κ1) is 19.1. The molecule has 0 N–H and O–H groups in total. The maximum atomic E-state index is 12.6. The Morgan fingerprint density at radius 3 is 2.22 bits per heavy atom. The van der Waals surface area contributed by atoms with Gasteiger partial charge in [-0.25, -0.2) is 0 Å². The van der Waals surface area contributed by atoms with Gasteiger partial charge < -0.3 is 14.2 Å². The number of hydrogen-bond donors (Lipinski definition) is 0. The lowest BCUT2D eigenvalue weighted by Crippen LogP contribution is -2.37. The van der Waals surface area contributed by atoms with Crippen molar-refractivity contribution in [3.05, 3.63) is 96.3 Å². The molecule has 3 rings (SSSR count). The molecule has 2 aromatic carbocycles. The molecule has 1 heterocycles. The van der Waals surface area contributed by atoms with Crippen LogP contribution in [0, 0.1) is 0 Å². The fourth-order valence-corrected chi connectivity index (χ4v) is 2.84. The van der Waals surface area contributed by atoms with Crippen LogP contribution in [0.15, 0.2) is 85.2 Å². The highest BCUT2D eigenvalue weighted by molar-refractivity contribution is 5.97. The van der Waals surface area contributed by atoms with Crippen molar-refractivity contribution >= 4 is 5.78 Å². The van der Waals surface area contributed by atoms with Crippen molar-refractivity contribution in [2.24, 2.45) is 0 Å². The molecule has 4 heteroatoms. The molecule has 1 aliphatic heterocycles. The summed E-state index contributed by atoms with van der Waals surface area (Å²) in [7, 11) is 0. The van der Waals surface area contributed by atoms with Crippen LogP contribution in [-0.2, 0) is 32.2 Å². The summed E-state index contributed by atoms with van der Waals surface area (Å²) < 4.78 is 17.4. The molecule has 2 aromatic rings. The summed E-state index contributed by atoms with van der Waals surface area (Å²) in [5, 5.41) is 0. The van der Waals surface area contributed by atoms with Gasteiger partial charge >= 0.3 is 0 Å². The van der Waals surface area contributed by atoms with E-state index in [0.717, 1.165) is 11.1 Å². The molecule has 0 bridgehead atoms. The Morgan fingerprint density at radius 2 is 1.59 bits per heavy atom. The van der Waals surface area contributed by atoms with E-state index in [4.69, 9.17) is 14.2 Å². The highest BCUT2D eigenvalue weighted by Gasteiger charge is 2.31. The minimum Gasteiger partial charge on any atom is -0.485 e. The fraction of sp³-hybridized carbons (Fsp3) is 0.261. The first-order chi connectivity index (χ1) is 13.3. The normalized spacial score (nSPS) is 19.4. The van der Waals surface area contributed by atoms with Crippen LogP contribution in [0.4, 0.5) is 0 Å². The van der Waals surface area contributed by atoms with Gasteiger partial charge in [0.15, 0.2) is 5.76 Å². The van der Waals surface area contributed by atoms with Crippen LogP contribution in [0.2, 0.25) is 0 Å². The average molecular weight is 364 g/mol. The van der Waals surface area contributed by atoms with Crippen LogP contribution in [0.25, 0.3) is 0 Å². The first-order valence-electron chi connectivity index (χ1n) is 9.07. The van der Waals surface area contributed by atoms with Crippen molar-refractivity contribution in [2.75, 3.05) is 6.61 Å². The fourth-order valence-electron chi connectivity index (χ4n) is 2.84. The Kier molecular flexibility index (Phi) is 6.97. The third kappa shape index (κ3) is 5.64. The van der Waals surface area contributed by atoms with E-state index in [0.29, 0.717) is 32.0 Å². The predicted octanol–water partition coefficient (Wildman–Crippen LogP) is 4.22. The Hall–Kier alpha value is -2.69. The second-order valence-corrected chi connectivity index (χ2v) is 6.36. The highest BCUT2D eigenvalue weighted by atomic mass is 16.5. The Morgan fingerprint density at radius 1 is 0.963 bits per heavy atom. The van der Waals surface area contributed by atoms with Gasteiger partial charge in [0.05, 0.1) is 13.2 Å². The van der Waals surface area contributed by atoms with Crippen LogP contribution in [0.3, 0.4) is 0 Å². The molecule has 0 saturated carbocycles. The second-order valence-electron chi connectivity index (χ2n) is 6.36. The van der Waals surface area contributed by atoms with Gasteiger partial charge in [0, 0.05) is 0 Å². The van der Waals surface area contributed by atoms with Crippen molar-refractivity contribution < 1.29 is 19.0 Å². The molecular weight excluding hydrogens is 340 g/mol. The molecule has 0 aromatic heterocycles. The first-order valence-corrected chi connectivity index (χ1v) is 9.07. The van der Waals surface area contributed by atoms with Crippen molar-refractivity contribution in [2.45, 2.75) is 31.8 Å². The van der Waals surface area contributed by atoms with Gasteiger partial charge in [-0.2, -0.15) is 0 Å². The maximum Gasteiger partial charge on any atom is 0.226 e. The van der Waals surface area contributed by atoms with Crippen LogP contribution in [-0.4, -0.2) is 24.6 Å². The summed E-state index contributed by atoms with van der Waals surface area (Å²) in [5.74, 6) is 0.190. The zero-order chi connectivity index (χ0) is 18.9. The van der Waals surface area contributed by atoms with Gasteiger partial charge in [0.25, 0.3) is 0 Å². The van der Waals surface area contributed by atoms with Gasteiger partial charge in [-0.3, -0.25) is 4.79 Å². The number of carbonyl (C=O) groups is 1. The predicted molar refractivity (Wildman–Crippen MR) is 104 cm³/mol. The van der Waals surface area contributed by atoms with Crippen molar-refractivity contribution in [3.63, 3.8) is 0 Å². The molecule has 0 spiro atoms. The number of hydrogen-bond acceptors (Lipinski definition) is 4. The summed E-state index contributed by atoms with van der Waals surface area (Å²) in [6.07, 6.45) is 2.94. The summed E-state index contributed by atoms with van der Waals surface area (Å²) in [6.45, 7) is 4.91. The SMILES string of the molecule is C=CC[C@H]1O[C@H](COCc2ccccc2)C=C(OCc2ccccc2)C1=O. The monoisotopic (exact) mass is 364 g/mol. The van der Waals surface area contributed by atoms with Gasteiger partial charge in [-0.05, 0) is 23.6 Å². The Balaban J connectivity index is 1.61. The molecule has 4 nitrogen and oxygen atoms in total. The highest BCUT2D eigenvalue weighted by Crippen LogP contribution is 2.21. The van der Waals surface area contributed by atoms with E-state index in [2.05, 4.69) is 6.58 Å². The number of benzene rings is 2. The number of Topliss-reactive ketones (excluding diaryl/α,β-unsaturated/α-hetero) is 1. The Labute approximate surface area is 160 Å². The third-order valence-corrected chi connectivity index (χ3v) is 4.22. The van der Waals surface area contributed by atoms with E-state index >= 15 is 0 Å². The van der Waals surface area contributed by atoms with E-state index in [1.165, 1.54) is 0 Å². The lowest BCUT2D eigenvalue weighted by atomic mass is 10.1. The lowest BCUT2D eigenvalue weighted by molar-refractivity contribution is -0.138. The second kappa shape index (κ2) is 9.86.